The molecule has 0 amide bonds. The zero-order chi connectivity index (χ0) is 12.1. The summed E-state index contributed by atoms with van der Waals surface area (Å²) in [7, 11) is 0. The molecule has 86 valence electrons. The van der Waals surface area contributed by atoms with Gasteiger partial charge in [0.25, 0.3) is 0 Å². The van der Waals surface area contributed by atoms with Crippen LogP contribution in [-0.4, -0.2) is 17.7 Å². The number of rotatable bonds is 4. The van der Waals surface area contributed by atoms with Crippen LogP contribution in [-0.2, 0) is 4.79 Å². The van der Waals surface area contributed by atoms with Crippen molar-refractivity contribution in [1.29, 1.82) is 0 Å². The molecule has 0 bridgehead atoms. The number of benzene rings is 1. The van der Waals surface area contributed by atoms with Crippen molar-refractivity contribution in [2.24, 2.45) is 0 Å². The van der Waals surface area contributed by atoms with Crippen LogP contribution in [0.2, 0.25) is 0 Å². The van der Waals surface area contributed by atoms with Crippen LogP contribution in [0.5, 0.6) is 5.75 Å². The molecule has 1 aromatic rings. The maximum atomic E-state index is 13.0. The average Bonchev–Trinajstić information content (AvgIpc) is 2.20. The quantitative estimate of drug-likeness (QED) is 0.805. The Balaban J connectivity index is 2.62. The van der Waals surface area contributed by atoms with Crippen molar-refractivity contribution in [3.63, 3.8) is 0 Å². The van der Waals surface area contributed by atoms with Gasteiger partial charge in [-0.15, -0.1) is 0 Å². The van der Waals surface area contributed by atoms with Crippen LogP contribution in [0.25, 0.3) is 0 Å². The van der Waals surface area contributed by atoms with Crippen LogP contribution in [0.1, 0.15) is 6.92 Å². The summed E-state index contributed by atoms with van der Waals surface area (Å²) in [5, 5.41) is 8.52. The fraction of sp³-hybridized carbons (Fsp3) is 0.182. The first-order chi connectivity index (χ1) is 7.50. The Hall–Kier alpha value is -1.91. The second kappa shape index (κ2) is 5.25. The molecule has 0 fully saturated rings. The number of carboxylic acid groups (broad SMARTS) is 1. The molecule has 5 heteroatoms. The third-order valence-electron chi connectivity index (χ3n) is 1.86. The van der Waals surface area contributed by atoms with Crippen molar-refractivity contribution in [3.8, 4) is 5.75 Å². The van der Waals surface area contributed by atoms with E-state index in [2.05, 4.69) is 0 Å². The zero-order valence-corrected chi connectivity index (χ0v) is 8.54. The van der Waals surface area contributed by atoms with E-state index in [1.807, 2.05) is 0 Å². The minimum Gasteiger partial charge on any atom is -0.486 e. The highest BCUT2D eigenvalue weighted by Crippen LogP contribution is 2.17. The molecule has 0 saturated carbocycles. The van der Waals surface area contributed by atoms with Gasteiger partial charge in [0, 0.05) is 11.6 Å². The molecule has 0 aliphatic heterocycles. The third kappa shape index (κ3) is 3.34. The van der Waals surface area contributed by atoms with Crippen molar-refractivity contribution in [1.82, 2.24) is 0 Å². The predicted octanol–water partition coefficient (Wildman–Crippen LogP) is 2.37. The lowest BCUT2D eigenvalue weighted by Crippen LogP contribution is -2.01. The van der Waals surface area contributed by atoms with Crippen LogP contribution >= 0.6 is 0 Å². The van der Waals surface area contributed by atoms with E-state index in [1.165, 1.54) is 13.0 Å². The minimum absolute atomic E-state index is 0.0827. The monoisotopic (exact) mass is 228 g/mol. The van der Waals surface area contributed by atoms with Crippen LogP contribution in [0, 0.1) is 11.6 Å². The van der Waals surface area contributed by atoms with E-state index in [4.69, 9.17) is 9.84 Å². The second-order valence-corrected chi connectivity index (χ2v) is 3.08. The van der Waals surface area contributed by atoms with Gasteiger partial charge in [-0.3, -0.25) is 0 Å². The first-order valence-electron chi connectivity index (χ1n) is 4.48. The van der Waals surface area contributed by atoms with Gasteiger partial charge in [-0.1, -0.05) is 0 Å². The van der Waals surface area contributed by atoms with E-state index in [9.17, 15) is 13.6 Å². The number of ether oxygens (including phenoxy) is 1. The predicted molar refractivity (Wildman–Crippen MR) is 53.2 cm³/mol. The Kier molecular flexibility index (Phi) is 3.99. The Bertz CT molecular complexity index is 427. The molecule has 0 aliphatic carbocycles. The van der Waals surface area contributed by atoms with Crippen molar-refractivity contribution >= 4 is 5.97 Å². The van der Waals surface area contributed by atoms with Crippen LogP contribution in [0.15, 0.2) is 29.8 Å². The van der Waals surface area contributed by atoms with Gasteiger partial charge in [0.2, 0.25) is 0 Å². The second-order valence-electron chi connectivity index (χ2n) is 3.08. The lowest BCUT2D eigenvalue weighted by atomic mass is 10.3. The number of hydrogen-bond donors (Lipinski definition) is 1. The molecule has 1 aromatic carbocycles. The van der Waals surface area contributed by atoms with Gasteiger partial charge in [0.05, 0.1) is 0 Å². The molecule has 0 aromatic heterocycles. The van der Waals surface area contributed by atoms with E-state index in [-0.39, 0.29) is 17.9 Å². The van der Waals surface area contributed by atoms with Crippen LogP contribution < -0.4 is 4.74 Å². The fourth-order valence-electron chi connectivity index (χ4n) is 0.936. The highest BCUT2D eigenvalue weighted by molar-refractivity contribution is 5.85. The van der Waals surface area contributed by atoms with Gasteiger partial charge >= 0.3 is 5.97 Å². The highest BCUT2D eigenvalue weighted by atomic mass is 19.1. The van der Waals surface area contributed by atoms with Crippen LogP contribution in [0.3, 0.4) is 0 Å². The molecule has 0 unspecified atom stereocenters. The summed E-state index contributed by atoms with van der Waals surface area (Å²) in [5.74, 6) is -2.69. The van der Waals surface area contributed by atoms with E-state index in [0.717, 1.165) is 12.1 Å². The summed E-state index contributed by atoms with van der Waals surface area (Å²) in [6.07, 6.45) is 1.30. The molecule has 0 heterocycles. The van der Waals surface area contributed by atoms with E-state index < -0.39 is 17.6 Å². The average molecular weight is 228 g/mol. The Morgan fingerprint density at radius 1 is 1.50 bits per heavy atom. The maximum Gasteiger partial charge on any atom is 0.331 e. The van der Waals surface area contributed by atoms with E-state index in [1.54, 1.807) is 0 Å². The Morgan fingerprint density at radius 3 is 2.75 bits per heavy atom. The fourth-order valence-corrected chi connectivity index (χ4v) is 0.936. The first kappa shape index (κ1) is 12.2. The molecule has 0 saturated heterocycles. The molecule has 0 aliphatic rings. The summed E-state index contributed by atoms with van der Waals surface area (Å²) < 4.78 is 30.5. The van der Waals surface area contributed by atoms with Crippen molar-refractivity contribution in [2.75, 3.05) is 6.61 Å². The molecule has 1 N–H and O–H groups in total. The largest absolute Gasteiger partial charge is 0.486 e. The van der Waals surface area contributed by atoms with Gasteiger partial charge in [-0.2, -0.15) is 0 Å². The van der Waals surface area contributed by atoms with Gasteiger partial charge in [-0.05, 0) is 25.1 Å². The smallest absolute Gasteiger partial charge is 0.331 e. The lowest BCUT2D eigenvalue weighted by Gasteiger charge is -2.04. The normalized spacial score (nSPS) is 11.3. The number of aliphatic carboxylic acids is 1. The highest BCUT2D eigenvalue weighted by Gasteiger charge is 2.04. The Labute approximate surface area is 91.0 Å². The summed E-state index contributed by atoms with van der Waals surface area (Å²) >= 11 is 0. The lowest BCUT2D eigenvalue weighted by molar-refractivity contribution is -0.132. The zero-order valence-electron chi connectivity index (χ0n) is 8.54. The van der Waals surface area contributed by atoms with Gasteiger partial charge in [0.15, 0.2) is 11.6 Å². The minimum atomic E-state index is -1.07. The molecular formula is C11H10F2O3. The van der Waals surface area contributed by atoms with Crippen LogP contribution in [0.4, 0.5) is 8.78 Å². The van der Waals surface area contributed by atoms with Crippen molar-refractivity contribution in [2.45, 2.75) is 6.92 Å². The van der Waals surface area contributed by atoms with Gasteiger partial charge in [-0.25, -0.2) is 13.6 Å². The van der Waals surface area contributed by atoms with E-state index in [0.29, 0.717) is 6.07 Å². The molecule has 3 nitrogen and oxygen atoms in total. The molecular weight excluding hydrogens is 218 g/mol. The molecule has 1 rings (SSSR count). The molecule has 0 atom stereocenters. The number of carboxylic acids is 1. The number of carbonyl (C=O) groups is 1. The SMILES string of the molecule is CC(=CCOc1ccc(F)cc1F)C(=O)O. The summed E-state index contributed by atoms with van der Waals surface area (Å²) in [4.78, 5) is 10.4. The number of hydrogen-bond acceptors (Lipinski definition) is 2. The standard InChI is InChI=1S/C11H10F2O3/c1-7(11(14)15)4-5-16-10-3-2-8(12)6-9(10)13/h2-4,6H,5H2,1H3,(H,14,15). The first-order valence-corrected chi connectivity index (χ1v) is 4.48. The molecule has 0 spiro atoms. The topological polar surface area (TPSA) is 46.5 Å². The Morgan fingerprint density at radius 2 is 2.19 bits per heavy atom. The number of halogens is 2. The maximum absolute atomic E-state index is 13.0. The van der Waals surface area contributed by atoms with Gasteiger partial charge in [0.1, 0.15) is 12.4 Å². The third-order valence-corrected chi connectivity index (χ3v) is 1.86. The van der Waals surface area contributed by atoms with E-state index >= 15 is 0 Å². The summed E-state index contributed by atoms with van der Waals surface area (Å²) in [5.41, 5.74) is 0.0996. The summed E-state index contributed by atoms with van der Waals surface area (Å²) in [6.45, 7) is 1.31. The molecule has 16 heavy (non-hydrogen) atoms. The van der Waals surface area contributed by atoms with Crippen molar-refractivity contribution < 1.29 is 23.4 Å². The summed E-state index contributed by atoms with van der Waals surface area (Å²) in [6, 6.07) is 2.91. The molecule has 0 radical (unpaired) electrons. The van der Waals surface area contributed by atoms with Gasteiger partial charge < -0.3 is 9.84 Å². The van der Waals surface area contributed by atoms with Crippen molar-refractivity contribution in [3.05, 3.63) is 41.5 Å².